The maximum atomic E-state index is 9.61. The van der Waals surface area contributed by atoms with Gasteiger partial charge in [0.2, 0.25) is 0 Å². The molecular weight excluding hydrogens is 259 g/mol. The first kappa shape index (κ1) is 20.4. The van der Waals surface area contributed by atoms with Gasteiger partial charge in [0.1, 0.15) is 12.1 Å². The molecule has 0 aromatic heterocycles. The van der Waals surface area contributed by atoms with Crippen molar-refractivity contribution in [3.05, 3.63) is 0 Å². The van der Waals surface area contributed by atoms with Gasteiger partial charge in [0.05, 0.1) is 6.54 Å². The van der Waals surface area contributed by atoms with Crippen LogP contribution in [0.25, 0.3) is 0 Å². The molecule has 1 heterocycles. The van der Waals surface area contributed by atoms with E-state index in [1.54, 1.807) is 0 Å². The first-order valence-corrected chi connectivity index (χ1v) is 8.23. The van der Waals surface area contributed by atoms with Crippen LogP contribution in [-0.4, -0.2) is 35.2 Å². The van der Waals surface area contributed by atoms with Crippen LogP contribution >= 0.6 is 0 Å². The molecular formula is C16H33N2NaO. The van der Waals surface area contributed by atoms with Crippen molar-refractivity contribution in [2.24, 2.45) is 4.99 Å². The van der Waals surface area contributed by atoms with Crippen molar-refractivity contribution in [3.8, 4) is 0 Å². The molecule has 4 heteroatoms. The molecule has 1 rings (SSSR count). The molecule has 114 valence electrons. The van der Waals surface area contributed by atoms with Crippen molar-refractivity contribution >= 4 is 5.84 Å². The van der Waals surface area contributed by atoms with Crippen LogP contribution in [-0.2, 0) is 0 Å². The Bertz CT molecular complexity index is 263. The Kier molecular flexibility index (Phi) is 13.4. The molecule has 0 saturated heterocycles. The molecule has 1 N–H and O–H groups in total. The normalized spacial score (nSPS) is 15.9. The predicted molar refractivity (Wildman–Crippen MR) is 83.6 cm³/mol. The SMILES string of the molecule is CCCCCCCCCCCC1=NCCN1C(C)O.[H-].[Na+]. The van der Waals surface area contributed by atoms with E-state index >= 15 is 0 Å². The molecule has 0 spiro atoms. The summed E-state index contributed by atoms with van der Waals surface area (Å²) in [4.78, 5) is 6.52. The molecule has 0 aromatic carbocycles. The second-order valence-electron chi connectivity index (χ2n) is 5.70. The molecule has 0 amide bonds. The zero-order valence-electron chi connectivity index (χ0n) is 14.9. The van der Waals surface area contributed by atoms with Crippen LogP contribution in [0.2, 0.25) is 0 Å². The summed E-state index contributed by atoms with van der Waals surface area (Å²) in [5, 5.41) is 9.61. The molecule has 0 fully saturated rings. The maximum Gasteiger partial charge on any atom is 1.00 e. The number of aliphatic hydroxyl groups is 1. The number of nitrogens with zero attached hydrogens (tertiary/aromatic N) is 2. The van der Waals surface area contributed by atoms with E-state index in [-0.39, 0.29) is 37.2 Å². The van der Waals surface area contributed by atoms with E-state index in [1.165, 1.54) is 57.8 Å². The van der Waals surface area contributed by atoms with Gasteiger partial charge in [0.15, 0.2) is 0 Å². The number of amidine groups is 1. The summed E-state index contributed by atoms with van der Waals surface area (Å²) in [6, 6.07) is 0. The fourth-order valence-electron chi connectivity index (χ4n) is 2.73. The van der Waals surface area contributed by atoms with Crippen molar-refractivity contribution in [2.75, 3.05) is 13.1 Å². The Hall–Kier alpha value is 0.430. The molecule has 3 nitrogen and oxygen atoms in total. The molecule has 0 aliphatic carbocycles. The molecule has 0 saturated carbocycles. The van der Waals surface area contributed by atoms with Gasteiger partial charge in [-0.1, -0.05) is 58.3 Å². The Labute approximate surface area is 149 Å². The van der Waals surface area contributed by atoms with E-state index in [0.29, 0.717) is 0 Å². The van der Waals surface area contributed by atoms with E-state index in [9.17, 15) is 5.11 Å². The average Bonchev–Trinajstić information content (AvgIpc) is 2.85. The summed E-state index contributed by atoms with van der Waals surface area (Å²) >= 11 is 0. The minimum Gasteiger partial charge on any atom is -1.00 e. The largest absolute Gasteiger partial charge is 1.00 e. The fourth-order valence-corrected chi connectivity index (χ4v) is 2.73. The standard InChI is InChI=1S/C16H32N2O.Na.H/c1-3-4-5-6-7-8-9-10-11-12-16-17-13-14-18(16)15(2)19;;/h15,19H,3-14H2,1-2H3;;/q;+1;-1. The van der Waals surface area contributed by atoms with Crippen LogP contribution in [0.4, 0.5) is 0 Å². The monoisotopic (exact) mass is 292 g/mol. The number of unbranched alkanes of at least 4 members (excludes halogenated alkanes) is 8. The van der Waals surface area contributed by atoms with Gasteiger partial charge in [0.25, 0.3) is 0 Å². The molecule has 1 aliphatic heterocycles. The van der Waals surface area contributed by atoms with E-state index in [2.05, 4.69) is 11.9 Å². The molecule has 1 unspecified atom stereocenters. The number of hydrogen-bond donors (Lipinski definition) is 1. The Morgan fingerprint density at radius 1 is 1.10 bits per heavy atom. The zero-order valence-corrected chi connectivity index (χ0v) is 15.9. The molecule has 0 radical (unpaired) electrons. The summed E-state index contributed by atoms with van der Waals surface area (Å²) in [5.41, 5.74) is 0. The van der Waals surface area contributed by atoms with E-state index < -0.39 is 0 Å². The van der Waals surface area contributed by atoms with Crippen molar-refractivity contribution < 1.29 is 36.1 Å². The molecule has 1 atom stereocenters. The second kappa shape index (κ2) is 13.1. The first-order valence-electron chi connectivity index (χ1n) is 8.23. The number of aliphatic hydroxyl groups excluding tert-OH is 1. The van der Waals surface area contributed by atoms with Gasteiger partial charge >= 0.3 is 29.6 Å². The van der Waals surface area contributed by atoms with Gasteiger partial charge in [-0.25, -0.2) is 0 Å². The fraction of sp³-hybridized carbons (Fsp3) is 0.938. The molecule has 20 heavy (non-hydrogen) atoms. The quantitative estimate of drug-likeness (QED) is 0.457. The van der Waals surface area contributed by atoms with Crippen LogP contribution in [0.1, 0.15) is 79.5 Å². The molecule has 0 aromatic rings. The summed E-state index contributed by atoms with van der Waals surface area (Å²) in [5.74, 6) is 1.12. The van der Waals surface area contributed by atoms with E-state index in [0.717, 1.165) is 25.3 Å². The smallest absolute Gasteiger partial charge is 1.00 e. The Balaban J connectivity index is 0. The summed E-state index contributed by atoms with van der Waals surface area (Å²) in [6.07, 6.45) is 12.9. The number of rotatable bonds is 11. The third-order valence-corrected chi connectivity index (χ3v) is 3.92. The van der Waals surface area contributed by atoms with Crippen LogP contribution in [0, 0.1) is 0 Å². The van der Waals surface area contributed by atoms with Crippen LogP contribution in [0.15, 0.2) is 4.99 Å². The van der Waals surface area contributed by atoms with Crippen molar-refractivity contribution in [1.29, 1.82) is 0 Å². The van der Waals surface area contributed by atoms with Gasteiger partial charge < -0.3 is 11.4 Å². The Morgan fingerprint density at radius 3 is 2.20 bits per heavy atom. The first-order chi connectivity index (χ1) is 9.25. The third kappa shape index (κ3) is 8.66. The van der Waals surface area contributed by atoms with E-state index in [4.69, 9.17) is 0 Å². The Morgan fingerprint density at radius 2 is 1.65 bits per heavy atom. The second-order valence-corrected chi connectivity index (χ2v) is 5.70. The number of aliphatic imine (C=N–C) groups is 1. The minimum absolute atomic E-state index is 0. The third-order valence-electron chi connectivity index (χ3n) is 3.92. The minimum atomic E-state index is -0.375. The maximum absolute atomic E-state index is 9.61. The molecule has 0 bridgehead atoms. The van der Waals surface area contributed by atoms with Crippen molar-refractivity contribution in [2.45, 2.75) is 84.3 Å². The van der Waals surface area contributed by atoms with E-state index in [1.807, 2.05) is 11.8 Å². The van der Waals surface area contributed by atoms with Gasteiger partial charge in [-0.2, -0.15) is 0 Å². The summed E-state index contributed by atoms with van der Waals surface area (Å²) < 4.78 is 0. The van der Waals surface area contributed by atoms with Gasteiger partial charge in [0, 0.05) is 13.0 Å². The van der Waals surface area contributed by atoms with Gasteiger partial charge in [-0.05, 0) is 13.3 Å². The zero-order chi connectivity index (χ0) is 13.9. The predicted octanol–water partition coefficient (Wildman–Crippen LogP) is 1.08. The molecule has 1 aliphatic rings. The number of hydrogen-bond acceptors (Lipinski definition) is 3. The average molecular weight is 292 g/mol. The topological polar surface area (TPSA) is 35.8 Å². The van der Waals surface area contributed by atoms with Crippen LogP contribution in [0.5, 0.6) is 0 Å². The van der Waals surface area contributed by atoms with Crippen LogP contribution < -0.4 is 29.6 Å². The van der Waals surface area contributed by atoms with Crippen LogP contribution in [0.3, 0.4) is 0 Å². The van der Waals surface area contributed by atoms with Crippen molar-refractivity contribution in [3.63, 3.8) is 0 Å². The van der Waals surface area contributed by atoms with Gasteiger partial charge in [-0.3, -0.25) is 4.99 Å². The van der Waals surface area contributed by atoms with Gasteiger partial charge in [-0.15, -0.1) is 0 Å². The summed E-state index contributed by atoms with van der Waals surface area (Å²) in [7, 11) is 0. The van der Waals surface area contributed by atoms with Crippen molar-refractivity contribution in [1.82, 2.24) is 4.90 Å². The summed E-state index contributed by atoms with van der Waals surface area (Å²) in [6.45, 7) is 5.85.